The summed E-state index contributed by atoms with van der Waals surface area (Å²) < 4.78 is 10.9. The minimum absolute atomic E-state index is 0.342. The van der Waals surface area contributed by atoms with E-state index in [-0.39, 0.29) is 5.91 Å². The fourth-order valence-electron chi connectivity index (χ4n) is 1.39. The summed E-state index contributed by atoms with van der Waals surface area (Å²) >= 11 is 0. The number of hydrazine groups is 1. The molecule has 0 fully saturated rings. The molecule has 5 nitrogen and oxygen atoms in total. The van der Waals surface area contributed by atoms with E-state index in [0.717, 1.165) is 6.42 Å². The molecular weight excluding hydrogens is 196 g/mol. The highest BCUT2D eigenvalue weighted by molar-refractivity contribution is 5.94. The van der Waals surface area contributed by atoms with Gasteiger partial charge in [-0.15, -0.1) is 0 Å². The van der Waals surface area contributed by atoms with Crippen molar-refractivity contribution in [2.45, 2.75) is 6.42 Å². The van der Waals surface area contributed by atoms with E-state index < -0.39 is 0 Å². The van der Waals surface area contributed by atoms with Crippen LogP contribution in [0.2, 0.25) is 0 Å². The maximum absolute atomic E-state index is 11.3. The van der Waals surface area contributed by atoms with Gasteiger partial charge >= 0.3 is 0 Å². The maximum atomic E-state index is 11.3. The van der Waals surface area contributed by atoms with E-state index in [2.05, 4.69) is 5.43 Å². The van der Waals surface area contributed by atoms with E-state index in [9.17, 15) is 4.79 Å². The molecule has 1 aromatic carbocycles. The molecule has 0 saturated heterocycles. The van der Waals surface area contributed by atoms with Crippen LogP contribution in [0.15, 0.2) is 18.2 Å². The van der Waals surface area contributed by atoms with Gasteiger partial charge in [0.2, 0.25) is 0 Å². The van der Waals surface area contributed by atoms with Crippen molar-refractivity contribution in [2.24, 2.45) is 5.84 Å². The second-order valence-electron chi connectivity index (χ2n) is 3.19. The zero-order valence-corrected chi connectivity index (χ0v) is 8.16. The molecular formula is C10H12N2O3. The average molecular weight is 208 g/mol. The fourth-order valence-corrected chi connectivity index (χ4v) is 1.39. The van der Waals surface area contributed by atoms with Crippen LogP contribution in [-0.4, -0.2) is 19.1 Å². The number of nitrogens with two attached hydrogens (primary N) is 1. The smallest absolute Gasteiger partial charge is 0.265 e. The van der Waals surface area contributed by atoms with Crippen molar-refractivity contribution in [2.75, 3.05) is 13.2 Å². The van der Waals surface area contributed by atoms with Gasteiger partial charge in [-0.25, -0.2) is 5.84 Å². The summed E-state index contributed by atoms with van der Waals surface area (Å²) in [5.41, 5.74) is 2.53. The van der Waals surface area contributed by atoms with Crippen molar-refractivity contribution >= 4 is 5.91 Å². The Labute approximate surface area is 87.1 Å². The van der Waals surface area contributed by atoms with Crippen LogP contribution in [0.1, 0.15) is 16.8 Å². The van der Waals surface area contributed by atoms with Crippen molar-refractivity contribution in [3.8, 4) is 11.5 Å². The third-order valence-electron chi connectivity index (χ3n) is 2.14. The Kier molecular flexibility index (Phi) is 2.73. The Hall–Kier alpha value is -1.75. The first kappa shape index (κ1) is 9.79. The highest BCUT2D eigenvalue weighted by Crippen LogP contribution is 2.30. The molecule has 0 unspecified atom stereocenters. The van der Waals surface area contributed by atoms with Gasteiger partial charge in [-0.05, 0) is 18.2 Å². The molecule has 1 aliphatic heterocycles. The predicted octanol–water partition coefficient (Wildman–Crippen LogP) is 0.451. The Balaban J connectivity index is 2.31. The Bertz CT molecular complexity index is 379. The first-order chi connectivity index (χ1) is 7.31. The van der Waals surface area contributed by atoms with Gasteiger partial charge < -0.3 is 9.47 Å². The van der Waals surface area contributed by atoms with Crippen LogP contribution in [0.4, 0.5) is 0 Å². The van der Waals surface area contributed by atoms with Crippen LogP contribution in [0.5, 0.6) is 11.5 Å². The second kappa shape index (κ2) is 4.18. The number of fused-ring (bicyclic) bond motifs is 1. The van der Waals surface area contributed by atoms with Gasteiger partial charge in [-0.3, -0.25) is 10.2 Å². The molecule has 2 rings (SSSR count). The number of nitrogen functional groups attached to an aromatic ring is 1. The normalized spacial score (nSPS) is 14.2. The van der Waals surface area contributed by atoms with E-state index in [1.54, 1.807) is 18.2 Å². The molecule has 0 radical (unpaired) electrons. The summed E-state index contributed by atoms with van der Waals surface area (Å²) in [6, 6.07) is 4.99. The average Bonchev–Trinajstić information content (AvgIpc) is 2.51. The van der Waals surface area contributed by atoms with Gasteiger partial charge in [0.1, 0.15) is 0 Å². The molecule has 0 bridgehead atoms. The molecule has 1 aliphatic rings. The summed E-state index contributed by atoms with van der Waals surface area (Å²) in [5.74, 6) is 5.96. The third kappa shape index (κ3) is 2.02. The number of rotatable bonds is 1. The summed E-state index contributed by atoms with van der Waals surface area (Å²) in [6.07, 6.45) is 0.840. The van der Waals surface area contributed by atoms with Crippen molar-refractivity contribution in [3.05, 3.63) is 23.8 Å². The molecule has 0 saturated carbocycles. The van der Waals surface area contributed by atoms with Gasteiger partial charge in [0.25, 0.3) is 5.91 Å². The monoisotopic (exact) mass is 208 g/mol. The van der Waals surface area contributed by atoms with Crippen molar-refractivity contribution in [1.82, 2.24) is 5.43 Å². The lowest BCUT2D eigenvalue weighted by atomic mass is 10.2. The SMILES string of the molecule is NNC(=O)c1ccc2c(c1)OCCCO2. The number of hydrogen-bond donors (Lipinski definition) is 2. The van der Waals surface area contributed by atoms with Gasteiger partial charge in [0, 0.05) is 12.0 Å². The Morgan fingerprint density at radius 1 is 1.27 bits per heavy atom. The molecule has 3 N–H and O–H groups in total. The number of nitrogens with one attached hydrogen (secondary N) is 1. The lowest BCUT2D eigenvalue weighted by Gasteiger charge is -2.08. The second-order valence-corrected chi connectivity index (χ2v) is 3.19. The quantitative estimate of drug-likeness (QED) is 0.399. The number of benzene rings is 1. The molecule has 0 aliphatic carbocycles. The van der Waals surface area contributed by atoms with Crippen molar-refractivity contribution < 1.29 is 14.3 Å². The molecule has 0 spiro atoms. The Morgan fingerprint density at radius 2 is 2.00 bits per heavy atom. The minimum Gasteiger partial charge on any atom is -0.490 e. The number of carbonyl (C=O) groups excluding carboxylic acids is 1. The van der Waals surface area contributed by atoms with Crippen LogP contribution in [0, 0.1) is 0 Å². The van der Waals surface area contributed by atoms with E-state index in [1.807, 2.05) is 0 Å². The Morgan fingerprint density at radius 3 is 2.73 bits per heavy atom. The topological polar surface area (TPSA) is 73.6 Å². The maximum Gasteiger partial charge on any atom is 0.265 e. The predicted molar refractivity (Wildman–Crippen MR) is 53.7 cm³/mol. The third-order valence-corrected chi connectivity index (χ3v) is 2.14. The van der Waals surface area contributed by atoms with Crippen LogP contribution in [-0.2, 0) is 0 Å². The molecule has 15 heavy (non-hydrogen) atoms. The fraction of sp³-hybridized carbons (Fsp3) is 0.300. The van der Waals surface area contributed by atoms with E-state index in [1.165, 1.54) is 0 Å². The molecule has 1 aromatic rings. The van der Waals surface area contributed by atoms with E-state index >= 15 is 0 Å². The first-order valence-electron chi connectivity index (χ1n) is 4.72. The lowest BCUT2D eigenvalue weighted by molar-refractivity contribution is 0.0953. The van der Waals surface area contributed by atoms with Gasteiger partial charge in [-0.2, -0.15) is 0 Å². The van der Waals surface area contributed by atoms with Crippen LogP contribution < -0.4 is 20.7 Å². The summed E-state index contributed by atoms with van der Waals surface area (Å²) in [6.45, 7) is 1.23. The van der Waals surface area contributed by atoms with Gasteiger partial charge in [0.15, 0.2) is 11.5 Å². The van der Waals surface area contributed by atoms with Gasteiger partial charge in [-0.1, -0.05) is 0 Å². The number of hydrogen-bond acceptors (Lipinski definition) is 4. The zero-order valence-electron chi connectivity index (χ0n) is 8.16. The van der Waals surface area contributed by atoms with Gasteiger partial charge in [0.05, 0.1) is 13.2 Å². The summed E-state index contributed by atoms with van der Waals surface area (Å²) in [5, 5.41) is 0. The van der Waals surface area contributed by atoms with Crippen LogP contribution in [0.3, 0.4) is 0 Å². The molecule has 5 heteroatoms. The summed E-state index contributed by atoms with van der Waals surface area (Å²) in [7, 11) is 0. The molecule has 0 aromatic heterocycles. The lowest BCUT2D eigenvalue weighted by Crippen LogP contribution is -2.29. The minimum atomic E-state index is -0.342. The molecule has 0 atom stereocenters. The highest BCUT2D eigenvalue weighted by atomic mass is 16.5. The molecule has 1 amide bonds. The largest absolute Gasteiger partial charge is 0.490 e. The van der Waals surface area contributed by atoms with Crippen molar-refractivity contribution in [1.29, 1.82) is 0 Å². The first-order valence-corrected chi connectivity index (χ1v) is 4.72. The highest BCUT2D eigenvalue weighted by Gasteiger charge is 2.13. The number of amides is 1. The molecule has 80 valence electrons. The van der Waals surface area contributed by atoms with E-state index in [4.69, 9.17) is 15.3 Å². The number of carbonyl (C=O) groups is 1. The summed E-state index contributed by atoms with van der Waals surface area (Å²) in [4.78, 5) is 11.3. The van der Waals surface area contributed by atoms with Crippen LogP contribution >= 0.6 is 0 Å². The van der Waals surface area contributed by atoms with E-state index in [0.29, 0.717) is 30.3 Å². The molecule has 1 heterocycles. The van der Waals surface area contributed by atoms with Crippen LogP contribution in [0.25, 0.3) is 0 Å². The standard InChI is InChI=1S/C10H12N2O3/c11-12-10(13)7-2-3-8-9(6-7)15-5-1-4-14-8/h2-3,6H,1,4-5,11H2,(H,12,13). The zero-order chi connectivity index (χ0) is 10.7. The number of ether oxygens (including phenoxy) is 2. The van der Waals surface area contributed by atoms with Crippen molar-refractivity contribution in [3.63, 3.8) is 0 Å².